The number of amides is 2. The second kappa shape index (κ2) is 8.79. The molecule has 0 unspecified atom stereocenters. The van der Waals surface area contributed by atoms with Crippen molar-refractivity contribution in [1.82, 2.24) is 4.90 Å². The van der Waals surface area contributed by atoms with Crippen molar-refractivity contribution in [2.45, 2.75) is 13.5 Å². The standard InChI is InChI=1S/C21H24N2O4/c1-15-18(21(25)23-10-12-27-13-11-23)4-3-5-19(15)22-20(24)17-8-6-16(7-9-17)14-26-2/h3-9H,10-14H2,1-2H3,(H,22,24). The van der Waals surface area contributed by atoms with Crippen molar-refractivity contribution in [2.24, 2.45) is 0 Å². The maximum absolute atomic E-state index is 12.8. The summed E-state index contributed by atoms with van der Waals surface area (Å²) in [4.78, 5) is 27.1. The van der Waals surface area contributed by atoms with Crippen LogP contribution in [0, 0.1) is 6.92 Å². The number of rotatable bonds is 5. The van der Waals surface area contributed by atoms with E-state index in [4.69, 9.17) is 9.47 Å². The molecule has 3 rings (SSSR count). The van der Waals surface area contributed by atoms with Crippen LogP contribution in [0.4, 0.5) is 5.69 Å². The lowest BCUT2D eigenvalue weighted by molar-refractivity contribution is 0.0302. The first-order chi connectivity index (χ1) is 13.1. The van der Waals surface area contributed by atoms with Gasteiger partial charge in [-0.05, 0) is 42.3 Å². The molecule has 142 valence electrons. The molecule has 0 atom stereocenters. The van der Waals surface area contributed by atoms with Crippen LogP contribution in [0.3, 0.4) is 0 Å². The van der Waals surface area contributed by atoms with E-state index in [0.29, 0.717) is 49.7 Å². The molecule has 0 saturated carbocycles. The minimum atomic E-state index is -0.210. The normalized spacial score (nSPS) is 14.1. The third-order valence-electron chi connectivity index (χ3n) is 4.64. The number of methoxy groups -OCH3 is 1. The molecule has 0 aromatic heterocycles. The van der Waals surface area contributed by atoms with Crippen LogP contribution in [0.1, 0.15) is 31.8 Å². The van der Waals surface area contributed by atoms with Gasteiger partial charge in [0.25, 0.3) is 11.8 Å². The topological polar surface area (TPSA) is 67.9 Å². The fourth-order valence-electron chi connectivity index (χ4n) is 3.05. The van der Waals surface area contributed by atoms with Crippen molar-refractivity contribution in [3.63, 3.8) is 0 Å². The molecule has 2 aromatic carbocycles. The molecule has 1 N–H and O–H groups in total. The van der Waals surface area contributed by atoms with Crippen molar-refractivity contribution < 1.29 is 19.1 Å². The Kier molecular flexibility index (Phi) is 6.21. The lowest BCUT2D eigenvalue weighted by Gasteiger charge is -2.27. The van der Waals surface area contributed by atoms with E-state index in [9.17, 15) is 9.59 Å². The van der Waals surface area contributed by atoms with Crippen molar-refractivity contribution in [3.8, 4) is 0 Å². The summed E-state index contributed by atoms with van der Waals surface area (Å²) in [6.07, 6.45) is 0. The molecule has 1 aliphatic heterocycles. The number of benzene rings is 2. The number of carbonyl (C=O) groups is 2. The number of hydrogen-bond acceptors (Lipinski definition) is 4. The van der Waals surface area contributed by atoms with Crippen LogP contribution in [-0.4, -0.2) is 50.1 Å². The Hall–Kier alpha value is -2.70. The highest BCUT2D eigenvalue weighted by Crippen LogP contribution is 2.22. The van der Waals surface area contributed by atoms with E-state index >= 15 is 0 Å². The van der Waals surface area contributed by atoms with Gasteiger partial charge in [0.15, 0.2) is 0 Å². The Labute approximate surface area is 159 Å². The molecule has 0 spiro atoms. The molecular formula is C21H24N2O4. The Morgan fingerprint density at radius 3 is 2.48 bits per heavy atom. The van der Waals surface area contributed by atoms with Gasteiger partial charge in [-0.3, -0.25) is 9.59 Å². The van der Waals surface area contributed by atoms with Crippen LogP contribution in [0.5, 0.6) is 0 Å². The molecule has 0 bridgehead atoms. The van der Waals surface area contributed by atoms with Gasteiger partial charge in [-0.25, -0.2) is 0 Å². The first kappa shape index (κ1) is 19.1. The van der Waals surface area contributed by atoms with Crippen molar-refractivity contribution in [2.75, 3.05) is 38.7 Å². The maximum Gasteiger partial charge on any atom is 0.255 e. The Morgan fingerprint density at radius 1 is 1.11 bits per heavy atom. The minimum absolute atomic E-state index is 0.0317. The molecule has 1 heterocycles. The molecule has 6 nitrogen and oxygen atoms in total. The summed E-state index contributed by atoms with van der Waals surface area (Å²) in [5.74, 6) is -0.242. The quantitative estimate of drug-likeness (QED) is 0.881. The molecule has 6 heteroatoms. The van der Waals surface area contributed by atoms with Crippen LogP contribution in [0.2, 0.25) is 0 Å². The highest BCUT2D eigenvalue weighted by molar-refractivity contribution is 6.06. The maximum atomic E-state index is 12.8. The lowest BCUT2D eigenvalue weighted by Crippen LogP contribution is -2.41. The van der Waals surface area contributed by atoms with E-state index < -0.39 is 0 Å². The van der Waals surface area contributed by atoms with E-state index in [1.165, 1.54) is 0 Å². The average molecular weight is 368 g/mol. The fourth-order valence-corrected chi connectivity index (χ4v) is 3.05. The molecule has 0 radical (unpaired) electrons. The Morgan fingerprint density at radius 2 is 1.81 bits per heavy atom. The van der Waals surface area contributed by atoms with Gasteiger partial charge in [0.2, 0.25) is 0 Å². The van der Waals surface area contributed by atoms with Crippen molar-refractivity contribution in [3.05, 3.63) is 64.7 Å². The highest BCUT2D eigenvalue weighted by Gasteiger charge is 2.21. The van der Waals surface area contributed by atoms with Crippen LogP contribution in [0.15, 0.2) is 42.5 Å². The molecular weight excluding hydrogens is 344 g/mol. The number of nitrogens with zero attached hydrogens (tertiary/aromatic N) is 1. The molecule has 0 aliphatic carbocycles. The van der Waals surface area contributed by atoms with Gasteiger partial charge in [0.1, 0.15) is 0 Å². The first-order valence-corrected chi connectivity index (χ1v) is 8.96. The molecule has 1 fully saturated rings. The summed E-state index contributed by atoms with van der Waals surface area (Å²) in [5, 5.41) is 2.91. The summed E-state index contributed by atoms with van der Waals surface area (Å²) >= 11 is 0. The molecule has 1 saturated heterocycles. The Bertz CT molecular complexity index is 811. The largest absolute Gasteiger partial charge is 0.380 e. The summed E-state index contributed by atoms with van der Waals surface area (Å²) in [6, 6.07) is 12.7. The fraction of sp³-hybridized carbons (Fsp3) is 0.333. The summed E-state index contributed by atoms with van der Waals surface area (Å²) < 4.78 is 10.4. The molecule has 1 aliphatic rings. The number of morpholine rings is 1. The van der Waals surface area contributed by atoms with Gasteiger partial charge in [0, 0.05) is 37.0 Å². The van der Waals surface area contributed by atoms with E-state index in [0.717, 1.165) is 11.1 Å². The lowest BCUT2D eigenvalue weighted by atomic mass is 10.0. The number of anilines is 1. The van der Waals surface area contributed by atoms with E-state index in [1.807, 2.05) is 25.1 Å². The zero-order chi connectivity index (χ0) is 19.2. The number of carbonyl (C=O) groups excluding carboxylic acids is 2. The van der Waals surface area contributed by atoms with Crippen LogP contribution in [0.25, 0.3) is 0 Å². The second-order valence-electron chi connectivity index (χ2n) is 6.47. The van der Waals surface area contributed by atoms with Crippen molar-refractivity contribution >= 4 is 17.5 Å². The zero-order valence-electron chi connectivity index (χ0n) is 15.7. The number of ether oxygens (including phenoxy) is 2. The van der Waals surface area contributed by atoms with Crippen LogP contribution >= 0.6 is 0 Å². The molecule has 27 heavy (non-hydrogen) atoms. The summed E-state index contributed by atoms with van der Waals surface area (Å²) in [5.41, 5.74) is 3.56. The van der Waals surface area contributed by atoms with E-state index in [-0.39, 0.29) is 11.8 Å². The number of nitrogens with one attached hydrogen (secondary N) is 1. The van der Waals surface area contributed by atoms with Gasteiger partial charge >= 0.3 is 0 Å². The second-order valence-corrected chi connectivity index (χ2v) is 6.47. The van der Waals surface area contributed by atoms with E-state index in [1.54, 1.807) is 36.3 Å². The van der Waals surface area contributed by atoms with Crippen LogP contribution in [-0.2, 0) is 16.1 Å². The van der Waals surface area contributed by atoms with Crippen LogP contribution < -0.4 is 5.32 Å². The summed E-state index contributed by atoms with van der Waals surface area (Å²) in [6.45, 7) is 4.64. The smallest absolute Gasteiger partial charge is 0.255 e. The first-order valence-electron chi connectivity index (χ1n) is 8.96. The van der Waals surface area contributed by atoms with Gasteiger partial charge in [-0.15, -0.1) is 0 Å². The summed E-state index contributed by atoms with van der Waals surface area (Å²) in [7, 11) is 1.63. The average Bonchev–Trinajstić information content (AvgIpc) is 2.70. The third-order valence-corrected chi connectivity index (χ3v) is 4.64. The molecule has 2 amide bonds. The zero-order valence-corrected chi connectivity index (χ0v) is 15.7. The van der Waals surface area contributed by atoms with Crippen molar-refractivity contribution in [1.29, 1.82) is 0 Å². The van der Waals surface area contributed by atoms with Gasteiger partial charge in [-0.2, -0.15) is 0 Å². The van der Waals surface area contributed by atoms with Gasteiger partial charge < -0.3 is 19.7 Å². The monoisotopic (exact) mass is 368 g/mol. The predicted octanol–water partition coefficient (Wildman–Crippen LogP) is 2.87. The SMILES string of the molecule is COCc1ccc(C(=O)Nc2cccc(C(=O)N3CCOCC3)c2C)cc1. The third kappa shape index (κ3) is 4.53. The highest BCUT2D eigenvalue weighted by atomic mass is 16.5. The van der Waals surface area contributed by atoms with E-state index in [2.05, 4.69) is 5.32 Å². The molecule has 2 aromatic rings. The number of hydrogen-bond donors (Lipinski definition) is 1. The predicted molar refractivity (Wildman–Crippen MR) is 103 cm³/mol. The van der Waals surface area contributed by atoms with Gasteiger partial charge in [-0.1, -0.05) is 18.2 Å². The van der Waals surface area contributed by atoms with Gasteiger partial charge in [0.05, 0.1) is 19.8 Å². The minimum Gasteiger partial charge on any atom is -0.380 e. The Balaban J connectivity index is 1.75.